The zero-order chi connectivity index (χ0) is 19.8. The summed E-state index contributed by atoms with van der Waals surface area (Å²) in [4.78, 5) is 41.0. The third-order valence-electron chi connectivity index (χ3n) is 5.49. The highest BCUT2D eigenvalue weighted by molar-refractivity contribution is 5.76. The molecule has 0 saturated carbocycles. The first-order chi connectivity index (χ1) is 13.5. The van der Waals surface area contributed by atoms with Crippen LogP contribution < -0.4 is 16.6 Å². The summed E-state index contributed by atoms with van der Waals surface area (Å²) >= 11 is 0. The smallest absolute Gasteiger partial charge is 0.332 e. The van der Waals surface area contributed by atoms with Crippen LogP contribution in [0.25, 0.3) is 11.2 Å². The molecule has 1 aliphatic rings. The number of fused-ring (bicyclic) bond motifs is 2. The van der Waals surface area contributed by atoms with Crippen molar-refractivity contribution in [1.82, 2.24) is 24.0 Å². The summed E-state index contributed by atoms with van der Waals surface area (Å²) in [5.74, 6) is 0.00595. The molecule has 8 nitrogen and oxygen atoms in total. The summed E-state index contributed by atoms with van der Waals surface area (Å²) in [7, 11) is 3.04. The number of carbonyl (C=O) groups is 1. The Bertz CT molecular complexity index is 1170. The van der Waals surface area contributed by atoms with Gasteiger partial charge in [0.05, 0.1) is 12.4 Å². The van der Waals surface area contributed by atoms with Crippen LogP contribution in [0.5, 0.6) is 0 Å². The molecule has 1 unspecified atom stereocenters. The number of nitrogens with zero attached hydrogens (tertiary/aromatic N) is 4. The van der Waals surface area contributed by atoms with Gasteiger partial charge in [-0.05, 0) is 30.4 Å². The van der Waals surface area contributed by atoms with Crippen LogP contribution in [0, 0.1) is 0 Å². The number of benzene rings is 1. The molecule has 0 aliphatic heterocycles. The lowest BCUT2D eigenvalue weighted by Gasteiger charge is -2.14. The Labute approximate surface area is 161 Å². The maximum atomic E-state index is 12.4. The zero-order valence-electron chi connectivity index (χ0n) is 16.0. The monoisotopic (exact) mass is 381 g/mol. The largest absolute Gasteiger partial charge is 0.349 e. The quantitative estimate of drug-likeness (QED) is 0.714. The van der Waals surface area contributed by atoms with Crippen molar-refractivity contribution in [2.75, 3.05) is 0 Å². The van der Waals surface area contributed by atoms with E-state index in [1.807, 2.05) is 12.1 Å². The molecule has 0 saturated heterocycles. The zero-order valence-corrected chi connectivity index (χ0v) is 16.0. The summed E-state index contributed by atoms with van der Waals surface area (Å²) in [6, 6.07) is 8.30. The van der Waals surface area contributed by atoms with Crippen LogP contribution in [0.4, 0.5) is 0 Å². The van der Waals surface area contributed by atoms with Gasteiger partial charge in [-0.1, -0.05) is 24.3 Å². The highest BCUT2D eigenvalue weighted by atomic mass is 16.2. The molecule has 4 rings (SSSR count). The number of aromatic nitrogens is 4. The number of hydrogen-bond acceptors (Lipinski definition) is 4. The fourth-order valence-electron chi connectivity index (χ4n) is 3.95. The molecule has 1 atom stereocenters. The van der Waals surface area contributed by atoms with Crippen LogP contribution in [0.3, 0.4) is 0 Å². The molecule has 1 aromatic carbocycles. The standard InChI is InChI=1S/C20H23N5O3/c1-23-18-17(19(27)24(2)20(23)28)25(12-21-18)11-5-8-16(26)22-15-10-9-13-6-3-4-7-14(13)15/h3-4,6-7,12,15H,5,8-11H2,1-2H3,(H,22,26). The van der Waals surface area contributed by atoms with Crippen LogP contribution in [-0.2, 0) is 31.9 Å². The Balaban J connectivity index is 1.42. The summed E-state index contributed by atoms with van der Waals surface area (Å²) in [6.45, 7) is 0.485. The van der Waals surface area contributed by atoms with Crippen LogP contribution in [0.15, 0.2) is 40.2 Å². The molecule has 146 valence electrons. The van der Waals surface area contributed by atoms with Gasteiger partial charge in [-0.15, -0.1) is 0 Å². The van der Waals surface area contributed by atoms with E-state index in [9.17, 15) is 14.4 Å². The topological polar surface area (TPSA) is 90.9 Å². The Morgan fingerprint density at radius 1 is 1.21 bits per heavy atom. The van der Waals surface area contributed by atoms with E-state index in [-0.39, 0.29) is 17.5 Å². The van der Waals surface area contributed by atoms with Crippen molar-refractivity contribution in [3.8, 4) is 0 Å². The highest BCUT2D eigenvalue weighted by Crippen LogP contribution is 2.30. The van der Waals surface area contributed by atoms with Crippen molar-refractivity contribution < 1.29 is 4.79 Å². The van der Waals surface area contributed by atoms with Gasteiger partial charge in [-0.3, -0.25) is 18.7 Å². The molecular weight excluding hydrogens is 358 g/mol. The average Bonchev–Trinajstić information content (AvgIpc) is 3.29. The van der Waals surface area contributed by atoms with E-state index in [4.69, 9.17) is 0 Å². The first kappa shape index (κ1) is 18.2. The molecule has 1 amide bonds. The molecule has 1 aliphatic carbocycles. The van der Waals surface area contributed by atoms with E-state index >= 15 is 0 Å². The molecule has 0 radical (unpaired) electrons. The third kappa shape index (κ3) is 3.04. The maximum absolute atomic E-state index is 12.4. The van der Waals surface area contributed by atoms with E-state index in [0.717, 1.165) is 17.4 Å². The van der Waals surface area contributed by atoms with Gasteiger partial charge in [0.15, 0.2) is 11.2 Å². The van der Waals surface area contributed by atoms with Crippen LogP contribution in [0.1, 0.15) is 36.4 Å². The van der Waals surface area contributed by atoms with Crippen LogP contribution in [0.2, 0.25) is 0 Å². The van der Waals surface area contributed by atoms with Crippen molar-refractivity contribution >= 4 is 17.1 Å². The second-order valence-electron chi connectivity index (χ2n) is 7.28. The van der Waals surface area contributed by atoms with Crippen molar-refractivity contribution in [3.05, 3.63) is 62.6 Å². The third-order valence-corrected chi connectivity index (χ3v) is 5.49. The van der Waals surface area contributed by atoms with E-state index in [2.05, 4.69) is 22.4 Å². The van der Waals surface area contributed by atoms with Gasteiger partial charge >= 0.3 is 5.69 Å². The molecule has 0 fully saturated rings. The van der Waals surface area contributed by atoms with Crippen molar-refractivity contribution in [1.29, 1.82) is 0 Å². The van der Waals surface area contributed by atoms with Gasteiger partial charge in [-0.25, -0.2) is 9.78 Å². The summed E-state index contributed by atoms with van der Waals surface area (Å²) in [6.07, 6.45) is 4.42. The molecule has 8 heteroatoms. The first-order valence-electron chi connectivity index (χ1n) is 9.45. The number of amides is 1. The highest BCUT2D eigenvalue weighted by Gasteiger charge is 2.23. The van der Waals surface area contributed by atoms with Gasteiger partial charge in [0.25, 0.3) is 5.56 Å². The fraction of sp³-hybridized carbons (Fsp3) is 0.400. The Morgan fingerprint density at radius 2 is 2.00 bits per heavy atom. The second-order valence-corrected chi connectivity index (χ2v) is 7.28. The summed E-state index contributed by atoms with van der Waals surface area (Å²) in [5.41, 5.74) is 2.48. The van der Waals surface area contributed by atoms with Crippen molar-refractivity contribution in [2.45, 2.75) is 38.3 Å². The summed E-state index contributed by atoms with van der Waals surface area (Å²) < 4.78 is 4.15. The van der Waals surface area contributed by atoms with Gasteiger partial charge < -0.3 is 9.88 Å². The molecule has 2 heterocycles. The molecule has 0 bridgehead atoms. The van der Waals surface area contributed by atoms with Gasteiger partial charge in [0.2, 0.25) is 5.91 Å². The van der Waals surface area contributed by atoms with Gasteiger partial charge in [0, 0.05) is 27.1 Å². The molecule has 28 heavy (non-hydrogen) atoms. The molecule has 2 aromatic heterocycles. The number of hydrogen-bond donors (Lipinski definition) is 1. The lowest BCUT2D eigenvalue weighted by atomic mass is 10.1. The lowest BCUT2D eigenvalue weighted by Crippen LogP contribution is -2.37. The number of rotatable bonds is 5. The lowest BCUT2D eigenvalue weighted by molar-refractivity contribution is -0.122. The predicted molar refractivity (Wildman–Crippen MR) is 105 cm³/mol. The summed E-state index contributed by atoms with van der Waals surface area (Å²) in [5, 5.41) is 3.11. The molecule has 3 aromatic rings. The molecule has 1 N–H and O–H groups in total. The maximum Gasteiger partial charge on any atom is 0.332 e. The minimum atomic E-state index is -0.404. The van der Waals surface area contributed by atoms with Gasteiger partial charge in [0.1, 0.15) is 0 Å². The fourth-order valence-corrected chi connectivity index (χ4v) is 3.95. The Hall–Kier alpha value is -3.16. The molecule has 0 spiro atoms. The van der Waals surface area contributed by atoms with Crippen LogP contribution >= 0.6 is 0 Å². The first-order valence-corrected chi connectivity index (χ1v) is 9.45. The average molecular weight is 381 g/mol. The SMILES string of the molecule is Cn1c(=O)c2c(ncn2CCCC(=O)NC2CCc3ccccc32)n(C)c1=O. The molecular formula is C20H23N5O3. The van der Waals surface area contributed by atoms with E-state index in [1.165, 1.54) is 22.7 Å². The number of carbonyl (C=O) groups excluding carboxylic acids is 1. The Kier molecular flexibility index (Phi) is 4.62. The Morgan fingerprint density at radius 3 is 2.82 bits per heavy atom. The minimum absolute atomic E-state index is 0.00595. The van der Waals surface area contributed by atoms with Crippen LogP contribution in [-0.4, -0.2) is 24.6 Å². The van der Waals surface area contributed by atoms with E-state index in [0.29, 0.717) is 30.6 Å². The van der Waals surface area contributed by atoms with E-state index in [1.54, 1.807) is 17.9 Å². The predicted octanol–water partition coefficient (Wildman–Crippen LogP) is 1.02. The van der Waals surface area contributed by atoms with Gasteiger partial charge in [-0.2, -0.15) is 0 Å². The number of nitrogens with one attached hydrogen (secondary N) is 1. The van der Waals surface area contributed by atoms with Crippen molar-refractivity contribution in [3.63, 3.8) is 0 Å². The number of imidazole rings is 1. The normalized spacial score (nSPS) is 15.7. The number of aryl methyl sites for hydroxylation is 3. The van der Waals surface area contributed by atoms with E-state index < -0.39 is 5.69 Å². The van der Waals surface area contributed by atoms with Crippen molar-refractivity contribution in [2.24, 2.45) is 14.1 Å². The minimum Gasteiger partial charge on any atom is -0.349 e. The second kappa shape index (κ2) is 7.10.